The number of ether oxygens (including phenoxy) is 2. The maximum atomic E-state index is 12.7. The van der Waals surface area contributed by atoms with Gasteiger partial charge in [0.25, 0.3) is 0 Å². The molecule has 202 valence electrons. The first-order valence-electron chi connectivity index (χ1n) is 13.8. The monoisotopic (exact) mass is 518 g/mol. The van der Waals surface area contributed by atoms with Crippen LogP contribution in [0, 0.1) is 11.8 Å². The second-order valence-corrected chi connectivity index (χ2v) is 10.7. The zero-order valence-electron chi connectivity index (χ0n) is 22.4. The largest absolute Gasteiger partial charge is 0.493 e. The molecule has 2 unspecified atom stereocenters. The van der Waals surface area contributed by atoms with Crippen molar-refractivity contribution < 1.29 is 19.1 Å². The highest BCUT2D eigenvalue weighted by molar-refractivity contribution is 6.04. The lowest BCUT2D eigenvalue weighted by Crippen LogP contribution is -2.31. The predicted molar refractivity (Wildman–Crippen MR) is 147 cm³/mol. The van der Waals surface area contributed by atoms with Crippen LogP contribution in [0.1, 0.15) is 63.0 Å². The van der Waals surface area contributed by atoms with Crippen molar-refractivity contribution in [2.75, 3.05) is 25.1 Å². The average Bonchev–Trinajstić information content (AvgIpc) is 3.63. The maximum Gasteiger partial charge on any atom is 0.243 e. The smallest absolute Gasteiger partial charge is 0.243 e. The molecule has 2 fully saturated rings. The highest BCUT2D eigenvalue weighted by Crippen LogP contribution is 2.34. The van der Waals surface area contributed by atoms with E-state index in [0.717, 1.165) is 66.4 Å². The summed E-state index contributed by atoms with van der Waals surface area (Å²) in [6, 6.07) is 14.2. The minimum Gasteiger partial charge on any atom is -0.493 e. The molecule has 1 aliphatic carbocycles. The summed E-state index contributed by atoms with van der Waals surface area (Å²) in [5.74, 6) is 1.43. The van der Waals surface area contributed by atoms with E-state index in [1.54, 1.807) is 12.1 Å². The molecule has 0 bridgehead atoms. The maximum absolute atomic E-state index is 12.7. The number of primary amides is 1. The number of amides is 2. The summed E-state index contributed by atoms with van der Waals surface area (Å²) in [6.45, 7) is 4.08. The Morgan fingerprint density at radius 3 is 2.55 bits per heavy atom. The van der Waals surface area contributed by atoms with Gasteiger partial charge in [-0.1, -0.05) is 19.1 Å². The quantitative estimate of drug-likeness (QED) is 0.528. The van der Waals surface area contributed by atoms with Crippen LogP contribution in [0.3, 0.4) is 0 Å². The number of hydrogen-bond donors (Lipinski definition) is 1. The number of anilines is 1. The molecule has 8 nitrogen and oxygen atoms in total. The SMILES string of the molecule is COc1ccc(C2=NN(Cc3ccc(N4CCC(C(C)C(N)=O)C4)cc3)C(=O)CC2)cc1OC1CCCC1. The first-order valence-corrected chi connectivity index (χ1v) is 13.8. The molecule has 2 N–H and O–H groups in total. The van der Waals surface area contributed by atoms with Gasteiger partial charge in [0.1, 0.15) is 0 Å². The van der Waals surface area contributed by atoms with Crippen LogP contribution in [0.25, 0.3) is 0 Å². The van der Waals surface area contributed by atoms with E-state index >= 15 is 0 Å². The molecule has 0 aromatic heterocycles. The summed E-state index contributed by atoms with van der Waals surface area (Å²) in [5.41, 5.74) is 9.49. The highest BCUT2D eigenvalue weighted by Gasteiger charge is 2.30. The van der Waals surface area contributed by atoms with Gasteiger partial charge in [0.2, 0.25) is 11.8 Å². The summed E-state index contributed by atoms with van der Waals surface area (Å²) in [4.78, 5) is 26.6. The number of methoxy groups -OCH3 is 1. The first kappa shape index (κ1) is 26.1. The number of carbonyl (C=O) groups is 2. The topological polar surface area (TPSA) is 97.5 Å². The van der Waals surface area contributed by atoms with Crippen LogP contribution >= 0.6 is 0 Å². The molecule has 2 aromatic carbocycles. The molecule has 2 atom stereocenters. The molecule has 38 heavy (non-hydrogen) atoms. The Morgan fingerprint density at radius 2 is 1.84 bits per heavy atom. The molecule has 3 aliphatic rings. The van der Waals surface area contributed by atoms with Gasteiger partial charge in [-0.15, -0.1) is 0 Å². The van der Waals surface area contributed by atoms with Crippen LogP contribution in [-0.4, -0.2) is 48.8 Å². The van der Waals surface area contributed by atoms with E-state index in [1.807, 2.05) is 25.1 Å². The van der Waals surface area contributed by atoms with E-state index in [2.05, 4.69) is 29.2 Å². The van der Waals surface area contributed by atoms with Crippen molar-refractivity contribution in [1.82, 2.24) is 5.01 Å². The van der Waals surface area contributed by atoms with Crippen LogP contribution < -0.4 is 20.1 Å². The van der Waals surface area contributed by atoms with E-state index in [-0.39, 0.29) is 29.8 Å². The number of benzene rings is 2. The number of carbonyl (C=O) groups excluding carboxylic acids is 2. The highest BCUT2D eigenvalue weighted by atomic mass is 16.5. The van der Waals surface area contributed by atoms with Crippen LogP contribution in [0.4, 0.5) is 5.69 Å². The number of hydrazone groups is 1. The fourth-order valence-corrected chi connectivity index (χ4v) is 5.71. The normalized spacial score (nSPS) is 20.9. The van der Waals surface area contributed by atoms with E-state index in [4.69, 9.17) is 20.3 Å². The lowest BCUT2D eigenvalue weighted by atomic mass is 9.93. The van der Waals surface area contributed by atoms with Crippen molar-refractivity contribution in [3.8, 4) is 11.5 Å². The summed E-state index contributed by atoms with van der Waals surface area (Å²) >= 11 is 0. The Balaban J connectivity index is 1.27. The fraction of sp³-hybridized carbons (Fsp3) is 0.500. The van der Waals surface area contributed by atoms with E-state index in [1.165, 1.54) is 12.8 Å². The van der Waals surface area contributed by atoms with Crippen LogP contribution in [0.15, 0.2) is 47.6 Å². The van der Waals surface area contributed by atoms with Gasteiger partial charge in [-0.25, -0.2) is 5.01 Å². The van der Waals surface area contributed by atoms with Gasteiger partial charge in [-0.3, -0.25) is 9.59 Å². The van der Waals surface area contributed by atoms with Gasteiger partial charge in [-0.05, 0) is 73.9 Å². The Labute approximate surface area is 224 Å². The fourth-order valence-electron chi connectivity index (χ4n) is 5.71. The second-order valence-electron chi connectivity index (χ2n) is 10.7. The van der Waals surface area contributed by atoms with E-state index in [9.17, 15) is 9.59 Å². The number of nitrogens with two attached hydrogens (primary N) is 1. The number of nitrogens with zero attached hydrogens (tertiary/aromatic N) is 3. The molecule has 0 radical (unpaired) electrons. The number of hydrogen-bond acceptors (Lipinski definition) is 6. The summed E-state index contributed by atoms with van der Waals surface area (Å²) in [6.07, 6.45) is 6.75. The van der Waals surface area contributed by atoms with Crippen LogP contribution in [0.5, 0.6) is 11.5 Å². The van der Waals surface area contributed by atoms with Gasteiger partial charge in [0, 0.05) is 43.1 Å². The third-order valence-corrected chi connectivity index (χ3v) is 8.21. The lowest BCUT2D eigenvalue weighted by Gasteiger charge is -2.25. The van der Waals surface area contributed by atoms with Crippen molar-refractivity contribution in [1.29, 1.82) is 0 Å². The molecule has 2 heterocycles. The van der Waals surface area contributed by atoms with Gasteiger partial charge >= 0.3 is 0 Å². The molecule has 2 amide bonds. The van der Waals surface area contributed by atoms with Crippen LogP contribution in [-0.2, 0) is 16.1 Å². The van der Waals surface area contributed by atoms with Gasteiger partial charge in [0.05, 0.1) is 25.5 Å². The van der Waals surface area contributed by atoms with Gasteiger partial charge in [0.15, 0.2) is 11.5 Å². The van der Waals surface area contributed by atoms with Crippen molar-refractivity contribution in [3.05, 3.63) is 53.6 Å². The average molecular weight is 519 g/mol. The molecule has 1 saturated heterocycles. The van der Waals surface area contributed by atoms with Crippen molar-refractivity contribution >= 4 is 23.2 Å². The third kappa shape index (κ3) is 5.79. The second kappa shape index (κ2) is 11.5. The molecule has 1 saturated carbocycles. The van der Waals surface area contributed by atoms with Gasteiger partial charge < -0.3 is 20.1 Å². The predicted octanol–water partition coefficient (Wildman–Crippen LogP) is 4.49. The minimum atomic E-state index is -0.231. The lowest BCUT2D eigenvalue weighted by molar-refractivity contribution is -0.132. The minimum absolute atomic E-state index is 0.0246. The Kier molecular flexibility index (Phi) is 7.86. The third-order valence-electron chi connectivity index (χ3n) is 8.21. The van der Waals surface area contributed by atoms with E-state index < -0.39 is 0 Å². The molecule has 8 heteroatoms. The molecule has 5 rings (SSSR count). The Morgan fingerprint density at radius 1 is 1.08 bits per heavy atom. The summed E-state index contributed by atoms with van der Waals surface area (Å²) in [5, 5.41) is 6.33. The Hall–Kier alpha value is -3.55. The Bertz CT molecular complexity index is 1190. The molecule has 2 aliphatic heterocycles. The van der Waals surface area contributed by atoms with Gasteiger partial charge in [-0.2, -0.15) is 5.10 Å². The molecule has 0 spiro atoms. The van der Waals surface area contributed by atoms with Crippen molar-refractivity contribution in [2.24, 2.45) is 22.7 Å². The summed E-state index contributed by atoms with van der Waals surface area (Å²) < 4.78 is 11.8. The van der Waals surface area contributed by atoms with Crippen molar-refractivity contribution in [3.63, 3.8) is 0 Å². The zero-order chi connectivity index (χ0) is 26.6. The number of rotatable bonds is 9. The molecular weight excluding hydrogens is 480 g/mol. The zero-order valence-corrected chi connectivity index (χ0v) is 22.4. The van der Waals surface area contributed by atoms with Crippen LogP contribution in [0.2, 0.25) is 0 Å². The standard InChI is InChI=1S/C30H38N4O4/c1-20(30(31)36)23-15-16-33(19-23)24-10-7-21(8-11-24)18-34-29(35)14-12-26(32-34)22-9-13-27(37-2)28(17-22)38-25-5-3-4-6-25/h7-11,13,17,20,23,25H,3-6,12,14-16,18-19H2,1-2H3,(H2,31,36). The van der Waals surface area contributed by atoms with E-state index in [0.29, 0.717) is 19.4 Å². The molecule has 2 aromatic rings. The first-order chi connectivity index (χ1) is 18.4. The summed E-state index contributed by atoms with van der Waals surface area (Å²) in [7, 11) is 1.66. The van der Waals surface area contributed by atoms with Crippen molar-refractivity contribution in [2.45, 2.75) is 64.5 Å². The molecular formula is C30H38N4O4.